The first kappa shape index (κ1) is 17.5. The molecule has 1 atom stereocenters. The van der Waals surface area contributed by atoms with Gasteiger partial charge in [0.2, 0.25) is 5.91 Å². The highest BCUT2D eigenvalue weighted by molar-refractivity contribution is 5.93. The van der Waals surface area contributed by atoms with Crippen LogP contribution in [0.4, 0.5) is 5.69 Å². The third-order valence-electron chi connectivity index (χ3n) is 4.20. The summed E-state index contributed by atoms with van der Waals surface area (Å²) in [6, 6.07) is 17.6. The van der Waals surface area contributed by atoms with Gasteiger partial charge in [-0.15, -0.1) is 0 Å². The highest BCUT2D eigenvalue weighted by atomic mass is 16.5. The van der Waals surface area contributed by atoms with Gasteiger partial charge >= 0.3 is 0 Å². The molecule has 0 aromatic heterocycles. The van der Waals surface area contributed by atoms with E-state index in [2.05, 4.69) is 10.2 Å². The first-order valence-electron chi connectivity index (χ1n) is 8.63. The number of ether oxygens (including phenoxy) is 2. The van der Waals surface area contributed by atoms with Crippen LogP contribution in [0.25, 0.3) is 0 Å². The molecule has 0 unspecified atom stereocenters. The molecule has 5 heteroatoms. The predicted molar refractivity (Wildman–Crippen MR) is 97.8 cm³/mol. The van der Waals surface area contributed by atoms with E-state index in [1.807, 2.05) is 61.5 Å². The monoisotopic (exact) mass is 340 g/mol. The maximum Gasteiger partial charge on any atom is 0.238 e. The number of anilines is 1. The highest BCUT2D eigenvalue weighted by Crippen LogP contribution is 2.29. The minimum absolute atomic E-state index is 0.0367. The Labute approximate surface area is 148 Å². The summed E-state index contributed by atoms with van der Waals surface area (Å²) in [4.78, 5) is 14.4. The Bertz CT molecular complexity index is 684. The second-order valence-electron chi connectivity index (χ2n) is 6.10. The van der Waals surface area contributed by atoms with Crippen molar-refractivity contribution < 1.29 is 14.3 Å². The number of hydrogen-bond donors (Lipinski definition) is 1. The molecule has 0 radical (unpaired) electrons. The SMILES string of the molecule is C[C@H](Oc1ccccc1NC(=O)CN1CCOCC1)c1ccccc1. The molecule has 25 heavy (non-hydrogen) atoms. The number of carbonyl (C=O) groups is 1. The van der Waals surface area contributed by atoms with Crippen molar-refractivity contribution in [3.63, 3.8) is 0 Å². The average Bonchev–Trinajstić information content (AvgIpc) is 2.65. The third kappa shape index (κ3) is 5.05. The standard InChI is InChI=1S/C20H24N2O3/c1-16(17-7-3-2-4-8-17)25-19-10-6-5-9-18(19)21-20(23)15-22-11-13-24-14-12-22/h2-10,16H,11-15H2,1H3,(H,21,23)/t16-/m0/s1. The topological polar surface area (TPSA) is 50.8 Å². The van der Waals surface area contributed by atoms with E-state index in [0.29, 0.717) is 31.2 Å². The van der Waals surface area contributed by atoms with Gasteiger partial charge in [0, 0.05) is 13.1 Å². The molecule has 1 amide bonds. The molecule has 1 heterocycles. The van der Waals surface area contributed by atoms with E-state index in [1.165, 1.54) is 0 Å². The van der Waals surface area contributed by atoms with E-state index < -0.39 is 0 Å². The number of rotatable bonds is 6. The molecule has 0 bridgehead atoms. The fourth-order valence-electron chi connectivity index (χ4n) is 2.81. The van der Waals surface area contributed by atoms with Crippen molar-refractivity contribution in [1.82, 2.24) is 4.90 Å². The Kier molecular flexibility index (Phi) is 6.04. The van der Waals surface area contributed by atoms with Gasteiger partial charge in [0.1, 0.15) is 11.9 Å². The summed E-state index contributed by atoms with van der Waals surface area (Å²) >= 11 is 0. The van der Waals surface area contributed by atoms with Gasteiger partial charge in [-0.25, -0.2) is 0 Å². The van der Waals surface area contributed by atoms with Crippen LogP contribution in [0.3, 0.4) is 0 Å². The fraction of sp³-hybridized carbons (Fsp3) is 0.350. The molecule has 2 aromatic rings. The first-order chi connectivity index (χ1) is 12.2. The normalized spacial score (nSPS) is 16.2. The third-order valence-corrected chi connectivity index (χ3v) is 4.20. The lowest BCUT2D eigenvalue weighted by atomic mass is 10.1. The van der Waals surface area contributed by atoms with E-state index in [0.717, 1.165) is 18.7 Å². The summed E-state index contributed by atoms with van der Waals surface area (Å²) in [5.74, 6) is 0.638. The molecule has 3 rings (SSSR count). The van der Waals surface area contributed by atoms with Gasteiger partial charge in [0.25, 0.3) is 0 Å². The van der Waals surface area contributed by atoms with Crippen LogP contribution in [0.1, 0.15) is 18.6 Å². The van der Waals surface area contributed by atoms with Gasteiger partial charge in [0.05, 0.1) is 25.4 Å². The van der Waals surface area contributed by atoms with Crippen LogP contribution >= 0.6 is 0 Å². The lowest BCUT2D eigenvalue weighted by Gasteiger charge is -2.26. The minimum atomic E-state index is -0.0986. The number of nitrogens with one attached hydrogen (secondary N) is 1. The first-order valence-corrected chi connectivity index (χ1v) is 8.63. The summed E-state index contributed by atoms with van der Waals surface area (Å²) in [6.07, 6.45) is -0.0986. The minimum Gasteiger partial charge on any atom is -0.484 e. The van der Waals surface area contributed by atoms with Crippen molar-refractivity contribution in [3.05, 3.63) is 60.2 Å². The van der Waals surface area contributed by atoms with E-state index in [4.69, 9.17) is 9.47 Å². The fourth-order valence-corrected chi connectivity index (χ4v) is 2.81. The van der Waals surface area contributed by atoms with Crippen molar-refractivity contribution in [2.24, 2.45) is 0 Å². The molecule has 1 aliphatic rings. The molecule has 0 saturated carbocycles. The lowest BCUT2D eigenvalue weighted by Crippen LogP contribution is -2.41. The number of para-hydroxylation sites is 2. The van der Waals surface area contributed by atoms with Crippen molar-refractivity contribution >= 4 is 11.6 Å². The second kappa shape index (κ2) is 8.65. The molecule has 0 aliphatic carbocycles. The Morgan fingerprint density at radius 3 is 2.56 bits per heavy atom. The van der Waals surface area contributed by atoms with E-state index >= 15 is 0 Å². The Morgan fingerprint density at radius 2 is 1.80 bits per heavy atom. The van der Waals surface area contributed by atoms with Gasteiger partial charge in [-0.05, 0) is 24.6 Å². The van der Waals surface area contributed by atoms with Gasteiger partial charge in [-0.1, -0.05) is 42.5 Å². The largest absolute Gasteiger partial charge is 0.484 e. The second-order valence-corrected chi connectivity index (χ2v) is 6.10. The number of morpholine rings is 1. The van der Waals surface area contributed by atoms with Crippen LogP contribution in [0.15, 0.2) is 54.6 Å². The van der Waals surface area contributed by atoms with Crippen LogP contribution in [0.5, 0.6) is 5.75 Å². The molecule has 1 N–H and O–H groups in total. The average molecular weight is 340 g/mol. The smallest absolute Gasteiger partial charge is 0.238 e. The number of carbonyl (C=O) groups excluding carboxylic acids is 1. The zero-order chi connectivity index (χ0) is 17.5. The van der Waals surface area contributed by atoms with Crippen LogP contribution < -0.4 is 10.1 Å². The summed E-state index contributed by atoms with van der Waals surface area (Å²) in [7, 11) is 0. The molecule has 5 nitrogen and oxygen atoms in total. The Hall–Kier alpha value is -2.37. The van der Waals surface area contributed by atoms with Crippen molar-refractivity contribution in [3.8, 4) is 5.75 Å². The van der Waals surface area contributed by atoms with Crippen molar-refractivity contribution in [2.75, 3.05) is 38.2 Å². The predicted octanol–water partition coefficient (Wildman–Crippen LogP) is 3.10. The van der Waals surface area contributed by atoms with Crippen LogP contribution in [0.2, 0.25) is 0 Å². The van der Waals surface area contributed by atoms with Gasteiger partial charge in [-0.2, -0.15) is 0 Å². The van der Waals surface area contributed by atoms with Crippen molar-refractivity contribution in [1.29, 1.82) is 0 Å². The van der Waals surface area contributed by atoms with Gasteiger partial charge < -0.3 is 14.8 Å². The quantitative estimate of drug-likeness (QED) is 0.878. The molecular formula is C20H24N2O3. The van der Waals surface area contributed by atoms with Crippen LogP contribution in [-0.2, 0) is 9.53 Å². The lowest BCUT2D eigenvalue weighted by molar-refractivity contribution is -0.118. The van der Waals surface area contributed by atoms with E-state index in [1.54, 1.807) is 0 Å². The van der Waals surface area contributed by atoms with Crippen LogP contribution in [0, 0.1) is 0 Å². The molecule has 1 saturated heterocycles. The van der Waals surface area contributed by atoms with E-state index in [9.17, 15) is 4.79 Å². The van der Waals surface area contributed by atoms with Gasteiger partial charge in [0.15, 0.2) is 0 Å². The summed E-state index contributed by atoms with van der Waals surface area (Å²) < 4.78 is 11.4. The maximum atomic E-state index is 12.3. The number of amides is 1. The zero-order valence-corrected chi connectivity index (χ0v) is 14.5. The molecule has 1 fully saturated rings. The number of benzene rings is 2. The molecular weight excluding hydrogens is 316 g/mol. The number of nitrogens with zero attached hydrogens (tertiary/aromatic N) is 1. The summed E-state index contributed by atoms with van der Waals surface area (Å²) in [6.45, 7) is 5.31. The molecule has 2 aromatic carbocycles. The molecule has 0 spiro atoms. The Balaban J connectivity index is 1.63. The highest BCUT2D eigenvalue weighted by Gasteiger charge is 2.16. The van der Waals surface area contributed by atoms with E-state index in [-0.39, 0.29) is 12.0 Å². The zero-order valence-electron chi connectivity index (χ0n) is 14.5. The maximum absolute atomic E-state index is 12.3. The summed E-state index contributed by atoms with van der Waals surface area (Å²) in [5.41, 5.74) is 1.79. The van der Waals surface area contributed by atoms with Gasteiger partial charge in [-0.3, -0.25) is 9.69 Å². The molecule has 1 aliphatic heterocycles. The number of hydrogen-bond acceptors (Lipinski definition) is 4. The Morgan fingerprint density at radius 1 is 1.12 bits per heavy atom. The van der Waals surface area contributed by atoms with Crippen LogP contribution in [-0.4, -0.2) is 43.7 Å². The molecule has 132 valence electrons. The summed E-state index contributed by atoms with van der Waals surface area (Å²) in [5, 5.41) is 2.97. The van der Waals surface area contributed by atoms with Crippen molar-refractivity contribution in [2.45, 2.75) is 13.0 Å².